The number of rotatable bonds is 3. The fourth-order valence-corrected chi connectivity index (χ4v) is 1.55. The van der Waals surface area contributed by atoms with Crippen LogP contribution >= 0.6 is 0 Å². The number of hydrogen-bond acceptors (Lipinski definition) is 3. The van der Waals surface area contributed by atoms with Gasteiger partial charge in [-0.2, -0.15) is 0 Å². The van der Waals surface area contributed by atoms with Gasteiger partial charge in [0.15, 0.2) is 0 Å². The lowest BCUT2D eigenvalue weighted by atomic mass is 10.1. The summed E-state index contributed by atoms with van der Waals surface area (Å²) < 4.78 is 17.6. The highest BCUT2D eigenvalue weighted by Gasteiger charge is 2.20. The van der Waals surface area contributed by atoms with Crippen LogP contribution in [-0.2, 0) is 4.74 Å². The SMILES string of the molecule is C=C(C(=N/C=C(\C)F)OC)[C@H]1CCCN1. The molecule has 0 unspecified atom stereocenters. The quantitative estimate of drug-likeness (QED) is 0.574. The molecule has 84 valence electrons. The summed E-state index contributed by atoms with van der Waals surface area (Å²) in [5, 5.41) is 3.28. The Morgan fingerprint density at radius 1 is 1.67 bits per heavy atom. The predicted octanol–water partition coefficient (Wildman–Crippen LogP) is 2.17. The van der Waals surface area contributed by atoms with Crippen LogP contribution in [0.5, 0.6) is 0 Å². The van der Waals surface area contributed by atoms with Crippen LogP contribution in [0, 0.1) is 0 Å². The molecule has 0 saturated carbocycles. The molecule has 0 bridgehead atoms. The Kier molecular flexibility index (Phi) is 4.49. The first-order valence-corrected chi connectivity index (χ1v) is 5.01. The van der Waals surface area contributed by atoms with E-state index in [-0.39, 0.29) is 11.9 Å². The Bertz CT molecular complexity index is 287. The highest BCUT2D eigenvalue weighted by Crippen LogP contribution is 2.14. The molecule has 0 aliphatic carbocycles. The minimum atomic E-state index is -0.350. The number of hydrogen-bond donors (Lipinski definition) is 1. The van der Waals surface area contributed by atoms with Crippen molar-refractivity contribution in [3.8, 4) is 0 Å². The molecule has 1 aliphatic rings. The number of methoxy groups -OCH3 is 1. The molecule has 1 N–H and O–H groups in total. The lowest BCUT2D eigenvalue weighted by molar-refractivity contribution is 0.399. The maximum atomic E-state index is 12.5. The smallest absolute Gasteiger partial charge is 0.217 e. The molecule has 0 radical (unpaired) electrons. The molecule has 0 aromatic heterocycles. The molecule has 0 amide bonds. The second-order valence-electron chi connectivity index (χ2n) is 3.53. The van der Waals surface area contributed by atoms with Gasteiger partial charge in [-0.15, -0.1) is 0 Å². The summed E-state index contributed by atoms with van der Waals surface area (Å²) in [6, 6.07) is 0.206. The standard InChI is InChI=1S/C11H17FN2O/c1-8(12)7-14-11(15-3)9(2)10-5-4-6-13-10/h7,10,13H,2,4-6H2,1,3H3/b8-7+,14-11?/t10-/m1/s1. The molecule has 1 fully saturated rings. The van der Waals surface area contributed by atoms with Gasteiger partial charge in [0.05, 0.1) is 13.3 Å². The molecular weight excluding hydrogens is 195 g/mol. The first-order chi connectivity index (χ1) is 7.15. The molecule has 1 rings (SSSR count). The monoisotopic (exact) mass is 212 g/mol. The fraction of sp³-hybridized carbons (Fsp3) is 0.545. The van der Waals surface area contributed by atoms with Crippen molar-refractivity contribution in [2.24, 2.45) is 4.99 Å². The van der Waals surface area contributed by atoms with Crippen molar-refractivity contribution >= 4 is 5.90 Å². The van der Waals surface area contributed by atoms with Crippen LogP contribution in [0.4, 0.5) is 4.39 Å². The van der Waals surface area contributed by atoms with E-state index in [1.165, 1.54) is 14.0 Å². The van der Waals surface area contributed by atoms with Gasteiger partial charge >= 0.3 is 0 Å². The third kappa shape index (κ3) is 3.47. The van der Waals surface area contributed by atoms with Crippen LogP contribution in [0.3, 0.4) is 0 Å². The number of nitrogens with one attached hydrogen (secondary N) is 1. The van der Waals surface area contributed by atoms with Crippen LogP contribution < -0.4 is 5.32 Å². The van der Waals surface area contributed by atoms with E-state index in [9.17, 15) is 4.39 Å². The van der Waals surface area contributed by atoms with Gasteiger partial charge in [0.1, 0.15) is 5.83 Å². The number of halogens is 1. The summed E-state index contributed by atoms with van der Waals surface area (Å²) >= 11 is 0. The molecule has 1 heterocycles. The van der Waals surface area contributed by atoms with Gasteiger partial charge in [-0.25, -0.2) is 9.38 Å². The molecule has 0 spiro atoms. The van der Waals surface area contributed by atoms with E-state index in [4.69, 9.17) is 4.74 Å². The second-order valence-corrected chi connectivity index (χ2v) is 3.53. The van der Waals surface area contributed by atoms with Gasteiger partial charge in [0, 0.05) is 11.6 Å². The Balaban J connectivity index is 2.69. The molecule has 3 nitrogen and oxygen atoms in total. The molecule has 15 heavy (non-hydrogen) atoms. The van der Waals surface area contributed by atoms with Crippen molar-refractivity contribution in [3.63, 3.8) is 0 Å². The first kappa shape index (κ1) is 11.9. The van der Waals surface area contributed by atoms with E-state index in [0.29, 0.717) is 5.90 Å². The Morgan fingerprint density at radius 3 is 2.87 bits per heavy atom. The predicted molar refractivity (Wildman–Crippen MR) is 59.5 cm³/mol. The molecule has 0 aromatic carbocycles. The van der Waals surface area contributed by atoms with Crippen molar-refractivity contribution in [1.29, 1.82) is 0 Å². The Hall–Kier alpha value is -1.16. The average Bonchev–Trinajstić information content (AvgIpc) is 2.70. The van der Waals surface area contributed by atoms with Gasteiger partial charge in [0.25, 0.3) is 0 Å². The third-order valence-corrected chi connectivity index (χ3v) is 2.31. The summed E-state index contributed by atoms with van der Waals surface area (Å²) in [5.41, 5.74) is 0.785. The van der Waals surface area contributed by atoms with Crippen molar-refractivity contribution in [1.82, 2.24) is 5.32 Å². The summed E-state index contributed by atoms with van der Waals surface area (Å²) in [5.74, 6) is 0.0446. The normalized spacial score (nSPS) is 23.0. The average molecular weight is 212 g/mol. The minimum absolute atomic E-state index is 0.206. The third-order valence-electron chi connectivity index (χ3n) is 2.31. The van der Waals surface area contributed by atoms with Gasteiger partial charge in [0.2, 0.25) is 5.90 Å². The summed E-state index contributed by atoms with van der Waals surface area (Å²) in [7, 11) is 1.51. The Labute approximate surface area is 89.7 Å². The van der Waals surface area contributed by atoms with Crippen LogP contribution in [-0.4, -0.2) is 25.6 Å². The van der Waals surface area contributed by atoms with E-state index in [1.54, 1.807) is 0 Å². The number of ether oxygens (including phenoxy) is 1. The molecule has 1 atom stereocenters. The van der Waals surface area contributed by atoms with Crippen LogP contribution in [0.25, 0.3) is 0 Å². The molecule has 0 aromatic rings. The van der Waals surface area contributed by atoms with Crippen LogP contribution in [0.15, 0.2) is 29.2 Å². The van der Waals surface area contributed by atoms with Gasteiger partial charge in [-0.3, -0.25) is 0 Å². The van der Waals surface area contributed by atoms with Crippen molar-refractivity contribution in [2.45, 2.75) is 25.8 Å². The second kappa shape index (κ2) is 5.66. The lowest BCUT2D eigenvalue weighted by Crippen LogP contribution is -2.27. The zero-order chi connectivity index (χ0) is 11.3. The van der Waals surface area contributed by atoms with Crippen molar-refractivity contribution in [3.05, 3.63) is 24.2 Å². The maximum Gasteiger partial charge on any atom is 0.217 e. The number of nitrogens with zero attached hydrogens (tertiary/aromatic N) is 1. The zero-order valence-corrected chi connectivity index (χ0v) is 9.22. The molecule has 1 saturated heterocycles. The van der Waals surface area contributed by atoms with Crippen molar-refractivity contribution < 1.29 is 9.13 Å². The van der Waals surface area contributed by atoms with E-state index in [0.717, 1.165) is 31.2 Å². The van der Waals surface area contributed by atoms with Crippen molar-refractivity contribution in [2.75, 3.05) is 13.7 Å². The summed E-state index contributed by atoms with van der Waals surface area (Å²) in [6.45, 7) is 6.24. The topological polar surface area (TPSA) is 33.6 Å². The zero-order valence-electron chi connectivity index (χ0n) is 9.22. The Morgan fingerprint density at radius 2 is 2.40 bits per heavy atom. The van der Waals surface area contributed by atoms with Crippen LogP contribution in [0.1, 0.15) is 19.8 Å². The highest BCUT2D eigenvalue weighted by atomic mass is 19.1. The fourth-order valence-electron chi connectivity index (χ4n) is 1.55. The van der Waals surface area contributed by atoms with E-state index < -0.39 is 0 Å². The molecular formula is C11H17FN2O. The van der Waals surface area contributed by atoms with Gasteiger partial charge < -0.3 is 10.1 Å². The van der Waals surface area contributed by atoms with E-state index in [1.807, 2.05) is 0 Å². The minimum Gasteiger partial charge on any atom is -0.481 e. The van der Waals surface area contributed by atoms with Gasteiger partial charge in [-0.1, -0.05) is 6.58 Å². The van der Waals surface area contributed by atoms with E-state index in [2.05, 4.69) is 16.9 Å². The lowest BCUT2D eigenvalue weighted by Gasteiger charge is -2.14. The summed E-state index contributed by atoms with van der Waals surface area (Å²) in [4.78, 5) is 3.90. The first-order valence-electron chi connectivity index (χ1n) is 5.01. The highest BCUT2D eigenvalue weighted by molar-refractivity contribution is 5.94. The van der Waals surface area contributed by atoms with Crippen LogP contribution in [0.2, 0.25) is 0 Å². The van der Waals surface area contributed by atoms with Gasteiger partial charge in [-0.05, 0) is 26.3 Å². The number of allylic oxidation sites excluding steroid dienone is 1. The largest absolute Gasteiger partial charge is 0.481 e. The molecule has 4 heteroatoms. The maximum absolute atomic E-state index is 12.5. The summed E-state index contributed by atoms with van der Waals surface area (Å²) in [6.07, 6.45) is 3.29. The van der Waals surface area contributed by atoms with E-state index >= 15 is 0 Å². The number of aliphatic imine (C=N–C) groups is 1. The molecule has 1 aliphatic heterocycles.